The van der Waals surface area contributed by atoms with Crippen LogP contribution in [0.2, 0.25) is 0 Å². The van der Waals surface area contributed by atoms with E-state index in [0.29, 0.717) is 0 Å². The number of carbonyl (C=O) groups excluding carboxylic acids is 2. The highest BCUT2D eigenvalue weighted by atomic mass is 16.3. The first-order valence-electron chi connectivity index (χ1n) is 6.76. The van der Waals surface area contributed by atoms with Gasteiger partial charge in [0.15, 0.2) is 0 Å². The lowest BCUT2D eigenvalue weighted by Gasteiger charge is -2.20. The van der Waals surface area contributed by atoms with Gasteiger partial charge in [-0.05, 0) is 18.4 Å². The Hall–Kier alpha value is -1.68. The molecule has 1 saturated carbocycles. The minimum absolute atomic E-state index is 0.0781. The quantitative estimate of drug-likeness (QED) is 0.837. The van der Waals surface area contributed by atoms with E-state index in [1.54, 1.807) is 12.1 Å². The summed E-state index contributed by atoms with van der Waals surface area (Å²) in [7, 11) is 0. The maximum absolute atomic E-state index is 12.2. The number of likely N-dealkylation sites (tertiary alicyclic amines) is 1. The van der Waals surface area contributed by atoms with Gasteiger partial charge in [0, 0.05) is 0 Å². The average molecular weight is 259 g/mol. The molecule has 1 aromatic rings. The molecule has 3 rings (SSSR count). The van der Waals surface area contributed by atoms with E-state index in [9.17, 15) is 14.7 Å². The third-order valence-electron chi connectivity index (χ3n) is 4.22. The monoisotopic (exact) mass is 259 g/mol. The molecule has 1 aromatic carbocycles. The maximum atomic E-state index is 12.2. The van der Waals surface area contributed by atoms with Gasteiger partial charge in [-0.1, -0.05) is 36.8 Å². The second kappa shape index (κ2) is 4.78. The van der Waals surface area contributed by atoms with Gasteiger partial charge in [0.05, 0.1) is 24.5 Å². The molecule has 2 aliphatic rings. The number of hydrogen-bond donors (Lipinski definition) is 1. The molecule has 0 aromatic heterocycles. The normalized spacial score (nSPS) is 27.7. The van der Waals surface area contributed by atoms with Gasteiger partial charge in [-0.15, -0.1) is 0 Å². The summed E-state index contributed by atoms with van der Waals surface area (Å²) < 4.78 is 0. The molecule has 1 aliphatic carbocycles. The molecule has 1 saturated heterocycles. The van der Waals surface area contributed by atoms with Crippen molar-refractivity contribution in [1.82, 2.24) is 4.90 Å². The third-order valence-corrected chi connectivity index (χ3v) is 4.22. The largest absolute Gasteiger partial charge is 0.387 e. The van der Waals surface area contributed by atoms with Crippen LogP contribution in [0, 0.1) is 11.8 Å². The van der Waals surface area contributed by atoms with Crippen molar-refractivity contribution < 1.29 is 14.7 Å². The van der Waals surface area contributed by atoms with E-state index in [-0.39, 0.29) is 30.2 Å². The van der Waals surface area contributed by atoms with Crippen molar-refractivity contribution in [2.75, 3.05) is 6.54 Å². The zero-order valence-electron chi connectivity index (χ0n) is 10.7. The second-order valence-electron chi connectivity index (χ2n) is 5.36. The van der Waals surface area contributed by atoms with Crippen molar-refractivity contribution in [3.8, 4) is 0 Å². The number of aliphatic hydroxyl groups excluding tert-OH is 1. The molecule has 19 heavy (non-hydrogen) atoms. The highest BCUT2D eigenvalue weighted by Gasteiger charge is 2.49. The van der Waals surface area contributed by atoms with Gasteiger partial charge in [-0.25, -0.2) is 0 Å². The Labute approximate surface area is 112 Å². The number of imide groups is 1. The standard InChI is InChI=1S/C15H17NO3/c17-13(10-5-2-1-3-6-10)9-16-14(18)11-7-4-8-12(11)15(16)19/h1-3,5-6,11-13,17H,4,7-9H2. The lowest BCUT2D eigenvalue weighted by molar-refractivity contribution is -0.142. The van der Waals surface area contributed by atoms with E-state index in [4.69, 9.17) is 0 Å². The molecule has 0 bridgehead atoms. The Morgan fingerprint density at radius 2 is 1.68 bits per heavy atom. The number of β-amino-alcohol motifs (C(OH)–C–C–N with tert-alkyl or cyclic N) is 1. The predicted molar refractivity (Wildman–Crippen MR) is 69.0 cm³/mol. The molecule has 4 heteroatoms. The molecule has 1 N–H and O–H groups in total. The van der Waals surface area contributed by atoms with Crippen molar-refractivity contribution in [3.05, 3.63) is 35.9 Å². The predicted octanol–water partition coefficient (Wildman–Crippen LogP) is 1.51. The van der Waals surface area contributed by atoms with Crippen LogP contribution >= 0.6 is 0 Å². The van der Waals surface area contributed by atoms with Gasteiger partial charge in [0.1, 0.15) is 0 Å². The summed E-state index contributed by atoms with van der Waals surface area (Å²) in [5.41, 5.74) is 0.736. The van der Waals surface area contributed by atoms with Crippen LogP contribution in [-0.2, 0) is 9.59 Å². The lowest BCUT2D eigenvalue weighted by atomic mass is 10.00. The van der Waals surface area contributed by atoms with E-state index in [1.165, 1.54) is 4.90 Å². The first-order valence-corrected chi connectivity index (χ1v) is 6.76. The van der Waals surface area contributed by atoms with Crippen molar-refractivity contribution in [3.63, 3.8) is 0 Å². The van der Waals surface area contributed by atoms with Gasteiger partial charge in [-0.3, -0.25) is 14.5 Å². The summed E-state index contributed by atoms with van der Waals surface area (Å²) in [4.78, 5) is 25.6. The summed E-state index contributed by atoms with van der Waals surface area (Å²) in [6.07, 6.45) is 1.79. The lowest BCUT2D eigenvalue weighted by Crippen LogP contribution is -2.35. The summed E-state index contributed by atoms with van der Waals surface area (Å²) >= 11 is 0. The topological polar surface area (TPSA) is 57.6 Å². The van der Waals surface area contributed by atoms with Gasteiger partial charge in [0.2, 0.25) is 11.8 Å². The van der Waals surface area contributed by atoms with Crippen LogP contribution in [-0.4, -0.2) is 28.4 Å². The molecule has 0 radical (unpaired) electrons. The highest BCUT2D eigenvalue weighted by molar-refractivity contribution is 6.05. The van der Waals surface area contributed by atoms with Crippen LogP contribution in [0.1, 0.15) is 30.9 Å². The number of hydrogen-bond acceptors (Lipinski definition) is 3. The molecule has 0 spiro atoms. The smallest absolute Gasteiger partial charge is 0.233 e. The molecular weight excluding hydrogens is 242 g/mol. The van der Waals surface area contributed by atoms with E-state index < -0.39 is 6.10 Å². The average Bonchev–Trinajstić information content (AvgIpc) is 3.00. The SMILES string of the molecule is O=C1C2CCCC2C(=O)N1CC(O)c1ccccc1. The summed E-state index contributed by atoms with van der Waals surface area (Å²) in [5.74, 6) is -0.448. The zero-order chi connectivity index (χ0) is 13.4. The van der Waals surface area contributed by atoms with Gasteiger partial charge in [-0.2, -0.15) is 0 Å². The van der Waals surface area contributed by atoms with E-state index in [0.717, 1.165) is 24.8 Å². The molecule has 1 aliphatic heterocycles. The zero-order valence-corrected chi connectivity index (χ0v) is 10.7. The van der Waals surface area contributed by atoms with Crippen LogP contribution in [0.4, 0.5) is 0 Å². The number of amides is 2. The summed E-state index contributed by atoms with van der Waals surface area (Å²) in [6.45, 7) is 0.0781. The Morgan fingerprint density at radius 1 is 1.11 bits per heavy atom. The molecule has 4 nitrogen and oxygen atoms in total. The fourth-order valence-electron chi connectivity index (χ4n) is 3.19. The van der Waals surface area contributed by atoms with Gasteiger partial charge < -0.3 is 5.11 Å². The van der Waals surface area contributed by atoms with Crippen molar-refractivity contribution in [1.29, 1.82) is 0 Å². The molecule has 3 unspecified atom stereocenters. The fourth-order valence-corrected chi connectivity index (χ4v) is 3.19. The molecule has 1 heterocycles. The number of fused-ring (bicyclic) bond motifs is 1. The molecule has 100 valence electrons. The Kier molecular flexibility index (Phi) is 3.11. The minimum Gasteiger partial charge on any atom is -0.387 e. The van der Waals surface area contributed by atoms with Crippen molar-refractivity contribution >= 4 is 11.8 Å². The molecular formula is C15H17NO3. The van der Waals surface area contributed by atoms with Crippen LogP contribution in [0.15, 0.2) is 30.3 Å². The number of aliphatic hydroxyl groups is 1. The number of rotatable bonds is 3. The Bertz CT molecular complexity index is 477. The Morgan fingerprint density at radius 3 is 2.26 bits per heavy atom. The Balaban J connectivity index is 1.74. The summed E-state index contributed by atoms with van der Waals surface area (Å²) in [5, 5.41) is 10.1. The van der Waals surface area contributed by atoms with E-state index in [1.807, 2.05) is 18.2 Å². The van der Waals surface area contributed by atoms with E-state index in [2.05, 4.69) is 0 Å². The maximum Gasteiger partial charge on any atom is 0.233 e. The number of benzene rings is 1. The highest BCUT2D eigenvalue weighted by Crippen LogP contribution is 2.40. The van der Waals surface area contributed by atoms with Crippen LogP contribution in [0.25, 0.3) is 0 Å². The van der Waals surface area contributed by atoms with Gasteiger partial charge >= 0.3 is 0 Å². The first kappa shape index (κ1) is 12.4. The molecule has 2 fully saturated rings. The second-order valence-corrected chi connectivity index (χ2v) is 5.36. The first-order chi connectivity index (χ1) is 9.18. The van der Waals surface area contributed by atoms with Crippen LogP contribution < -0.4 is 0 Å². The number of carbonyl (C=O) groups is 2. The third kappa shape index (κ3) is 2.06. The van der Waals surface area contributed by atoms with Gasteiger partial charge in [0.25, 0.3) is 0 Å². The summed E-state index contributed by atoms with van der Waals surface area (Å²) in [6, 6.07) is 9.14. The van der Waals surface area contributed by atoms with Crippen molar-refractivity contribution in [2.45, 2.75) is 25.4 Å². The number of nitrogens with zero attached hydrogens (tertiary/aromatic N) is 1. The minimum atomic E-state index is -0.798. The molecule has 3 atom stereocenters. The van der Waals surface area contributed by atoms with Crippen LogP contribution in [0.5, 0.6) is 0 Å². The van der Waals surface area contributed by atoms with E-state index >= 15 is 0 Å². The molecule has 2 amide bonds. The van der Waals surface area contributed by atoms with Crippen molar-refractivity contribution in [2.24, 2.45) is 11.8 Å². The van der Waals surface area contributed by atoms with Crippen LogP contribution in [0.3, 0.4) is 0 Å². The fraction of sp³-hybridized carbons (Fsp3) is 0.467.